The fourth-order valence-electron chi connectivity index (χ4n) is 4.31. The summed E-state index contributed by atoms with van der Waals surface area (Å²) in [5.41, 5.74) is 1.94. The monoisotopic (exact) mass is 479 g/mol. The molecule has 176 valence electrons. The number of fused-ring (bicyclic) bond motifs is 1. The van der Waals surface area contributed by atoms with Gasteiger partial charge >= 0.3 is 0 Å². The predicted octanol–water partition coefficient (Wildman–Crippen LogP) is 3.13. The number of rotatable bonds is 6. The zero-order valence-corrected chi connectivity index (χ0v) is 19.5. The third-order valence-electron chi connectivity index (χ3n) is 6.25. The molecule has 34 heavy (non-hydrogen) atoms. The summed E-state index contributed by atoms with van der Waals surface area (Å²) < 4.78 is 35.3. The third kappa shape index (κ3) is 4.34. The molecule has 1 aliphatic rings. The molecule has 0 bridgehead atoms. The van der Waals surface area contributed by atoms with E-state index in [0.717, 1.165) is 29.9 Å². The van der Waals surface area contributed by atoms with Crippen LogP contribution in [-0.2, 0) is 16.6 Å². The normalized spacial score (nSPS) is 15.1. The number of nitrogens with zero attached hydrogens (tertiary/aromatic N) is 4. The van der Waals surface area contributed by atoms with Crippen molar-refractivity contribution >= 4 is 21.6 Å². The fourth-order valence-corrected chi connectivity index (χ4v) is 5.33. The first kappa shape index (κ1) is 22.3. The van der Waals surface area contributed by atoms with Crippen LogP contribution in [0.4, 0.5) is 0 Å². The lowest BCUT2D eigenvalue weighted by Gasteiger charge is -2.31. The van der Waals surface area contributed by atoms with Crippen molar-refractivity contribution < 1.29 is 17.6 Å². The van der Waals surface area contributed by atoms with E-state index in [4.69, 9.17) is 4.42 Å². The Morgan fingerprint density at radius 3 is 2.71 bits per heavy atom. The molecule has 5 rings (SSSR count). The number of piperidine rings is 1. The highest BCUT2D eigenvalue weighted by molar-refractivity contribution is 7.89. The molecule has 3 aromatic heterocycles. The summed E-state index contributed by atoms with van der Waals surface area (Å²) in [6, 6.07) is 13.8. The molecule has 0 atom stereocenters. The van der Waals surface area contributed by atoms with Crippen molar-refractivity contribution in [3.63, 3.8) is 0 Å². The van der Waals surface area contributed by atoms with E-state index >= 15 is 0 Å². The maximum atomic E-state index is 13.3. The lowest BCUT2D eigenvalue weighted by molar-refractivity contribution is 0.0710. The molecule has 1 N–H and O–H groups in total. The molecule has 0 saturated carbocycles. The van der Waals surface area contributed by atoms with Crippen molar-refractivity contribution in [2.45, 2.75) is 37.1 Å². The molecule has 1 aliphatic heterocycles. The minimum absolute atomic E-state index is 0.0390. The molecular formula is C24H25N5O4S. The zero-order chi connectivity index (χ0) is 23.7. The van der Waals surface area contributed by atoms with Crippen molar-refractivity contribution in [3.05, 3.63) is 83.7 Å². The number of likely N-dealkylation sites (tertiary alicyclic amines) is 1. The van der Waals surface area contributed by atoms with Crippen LogP contribution in [-0.4, -0.2) is 46.9 Å². The number of furan rings is 1. The van der Waals surface area contributed by atoms with Gasteiger partial charge in [0.25, 0.3) is 5.91 Å². The molecule has 1 aromatic carbocycles. The van der Waals surface area contributed by atoms with E-state index in [-0.39, 0.29) is 23.3 Å². The van der Waals surface area contributed by atoms with Gasteiger partial charge in [0.15, 0.2) is 5.65 Å². The molecule has 0 spiro atoms. The number of amides is 1. The van der Waals surface area contributed by atoms with Gasteiger partial charge in [0, 0.05) is 30.8 Å². The summed E-state index contributed by atoms with van der Waals surface area (Å²) in [6.07, 6.45) is 4.98. The van der Waals surface area contributed by atoms with E-state index in [2.05, 4.69) is 14.9 Å². The number of sulfonamides is 1. The van der Waals surface area contributed by atoms with Crippen LogP contribution in [0, 0.1) is 6.92 Å². The van der Waals surface area contributed by atoms with Crippen LogP contribution in [0.15, 0.2) is 70.3 Å². The summed E-state index contributed by atoms with van der Waals surface area (Å²) in [4.78, 5) is 15.2. The van der Waals surface area contributed by atoms with Gasteiger partial charge in [0.2, 0.25) is 10.0 Å². The molecule has 4 heterocycles. The van der Waals surface area contributed by atoms with Gasteiger partial charge in [-0.15, -0.1) is 10.2 Å². The van der Waals surface area contributed by atoms with Crippen molar-refractivity contribution in [2.75, 3.05) is 13.1 Å². The van der Waals surface area contributed by atoms with Crippen molar-refractivity contribution in [1.82, 2.24) is 24.2 Å². The van der Waals surface area contributed by atoms with Crippen LogP contribution < -0.4 is 4.72 Å². The molecule has 1 fully saturated rings. The lowest BCUT2D eigenvalue weighted by Crippen LogP contribution is -2.38. The number of hydrogen-bond acceptors (Lipinski definition) is 6. The molecule has 1 saturated heterocycles. The van der Waals surface area contributed by atoms with Crippen LogP contribution in [0.1, 0.15) is 46.3 Å². The Kier molecular flexibility index (Phi) is 5.93. The molecule has 0 radical (unpaired) electrons. The molecular weight excluding hydrogens is 454 g/mol. The Hall–Kier alpha value is -3.50. The van der Waals surface area contributed by atoms with E-state index in [1.807, 2.05) is 35.7 Å². The SMILES string of the molecule is Cc1ccc(S(=O)(=O)NCc2ccco2)cc1C(=O)N1CCC(c2nnc3ccccn23)CC1. The average Bonchev–Trinajstić information content (AvgIpc) is 3.53. The van der Waals surface area contributed by atoms with E-state index < -0.39 is 10.0 Å². The van der Waals surface area contributed by atoms with Gasteiger partial charge in [0.1, 0.15) is 11.6 Å². The van der Waals surface area contributed by atoms with Crippen LogP contribution in [0.25, 0.3) is 5.65 Å². The zero-order valence-electron chi connectivity index (χ0n) is 18.7. The van der Waals surface area contributed by atoms with Gasteiger partial charge in [-0.25, -0.2) is 13.1 Å². The van der Waals surface area contributed by atoms with Gasteiger partial charge in [-0.2, -0.15) is 0 Å². The van der Waals surface area contributed by atoms with Crippen LogP contribution in [0.2, 0.25) is 0 Å². The van der Waals surface area contributed by atoms with Crippen LogP contribution in [0.5, 0.6) is 0 Å². The Labute approximate surface area is 197 Å². The minimum atomic E-state index is -3.80. The number of aromatic nitrogens is 3. The Bertz CT molecular complexity index is 1420. The fraction of sp³-hybridized carbons (Fsp3) is 0.292. The number of aryl methyl sites for hydroxylation is 1. The van der Waals surface area contributed by atoms with E-state index in [0.29, 0.717) is 24.4 Å². The number of pyridine rings is 1. The van der Waals surface area contributed by atoms with E-state index in [1.165, 1.54) is 18.4 Å². The number of benzene rings is 1. The first-order valence-corrected chi connectivity index (χ1v) is 12.6. The standard InChI is InChI=1S/C24H25N5O4S/c1-17-7-8-20(34(31,32)25-16-19-5-4-14-33-19)15-21(17)24(30)28-12-9-18(10-13-28)23-27-26-22-6-2-3-11-29(22)23/h2-8,11,14-15,18,25H,9-10,12-13,16H2,1H3. The largest absolute Gasteiger partial charge is 0.468 e. The molecule has 9 nitrogen and oxygen atoms in total. The second kappa shape index (κ2) is 9.03. The van der Waals surface area contributed by atoms with Gasteiger partial charge in [-0.05, 0) is 61.7 Å². The molecule has 4 aromatic rings. The molecule has 0 aliphatic carbocycles. The van der Waals surface area contributed by atoms with E-state index in [1.54, 1.807) is 23.1 Å². The highest BCUT2D eigenvalue weighted by atomic mass is 32.2. The molecule has 1 amide bonds. The van der Waals surface area contributed by atoms with Crippen LogP contribution >= 0.6 is 0 Å². The molecule has 10 heteroatoms. The topological polar surface area (TPSA) is 110 Å². The summed E-state index contributed by atoms with van der Waals surface area (Å²) in [7, 11) is -3.80. The van der Waals surface area contributed by atoms with E-state index in [9.17, 15) is 13.2 Å². The summed E-state index contributed by atoms with van der Waals surface area (Å²) in [5, 5.41) is 8.60. The Morgan fingerprint density at radius 2 is 1.94 bits per heavy atom. The second-order valence-corrected chi connectivity index (χ2v) is 10.2. The van der Waals surface area contributed by atoms with Gasteiger partial charge < -0.3 is 9.32 Å². The highest BCUT2D eigenvalue weighted by Crippen LogP contribution is 2.28. The van der Waals surface area contributed by atoms with Gasteiger partial charge in [-0.3, -0.25) is 9.20 Å². The smallest absolute Gasteiger partial charge is 0.254 e. The Morgan fingerprint density at radius 1 is 1.12 bits per heavy atom. The number of nitrogens with one attached hydrogen (secondary N) is 1. The van der Waals surface area contributed by atoms with Crippen LogP contribution in [0.3, 0.4) is 0 Å². The first-order chi connectivity index (χ1) is 16.4. The lowest BCUT2D eigenvalue weighted by atomic mass is 9.95. The maximum Gasteiger partial charge on any atom is 0.254 e. The second-order valence-electron chi connectivity index (χ2n) is 8.43. The summed E-state index contributed by atoms with van der Waals surface area (Å²) in [6.45, 7) is 2.99. The Balaban J connectivity index is 1.29. The van der Waals surface area contributed by atoms with Crippen molar-refractivity contribution in [2.24, 2.45) is 0 Å². The summed E-state index contributed by atoms with van der Waals surface area (Å²) >= 11 is 0. The predicted molar refractivity (Wildman–Crippen MR) is 125 cm³/mol. The average molecular weight is 480 g/mol. The van der Waals surface area contributed by atoms with Gasteiger partial charge in [-0.1, -0.05) is 12.1 Å². The highest BCUT2D eigenvalue weighted by Gasteiger charge is 2.28. The van der Waals surface area contributed by atoms with Crippen molar-refractivity contribution in [3.8, 4) is 0 Å². The number of carbonyl (C=O) groups excluding carboxylic acids is 1. The quantitative estimate of drug-likeness (QED) is 0.455. The first-order valence-electron chi connectivity index (χ1n) is 11.1. The number of carbonyl (C=O) groups is 1. The van der Waals surface area contributed by atoms with Crippen molar-refractivity contribution in [1.29, 1.82) is 0 Å². The van der Waals surface area contributed by atoms with Gasteiger partial charge in [0.05, 0.1) is 17.7 Å². The number of hydrogen-bond donors (Lipinski definition) is 1. The summed E-state index contributed by atoms with van der Waals surface area (Å²) in [5.74, 6) is 1.47. The maximum absolute atomic E-state index is 13.3. The molecule has 0 unspecified atom stereocenters. The third-order valence-corrected chi connectivity index (χ3v) is 7.65. The minimum Gasteiger partial charge on any atom is -0.468 e.